The molecule has 0 unspecified atom stereocenters. The molecule has 59 heavy (non-hydrogen) atoms. The molecule has 4 aromatic heterocycles. The number of hydrogen-bond acceptors (Lipinski definition) is 6. The summed E-state index contributed by atoms with van der Waals surface area (Å²) in [6.45, 7) is 0. The summed E-state index contributed by atoms with van der Waals surface area (Å²) in [6.07, 6.45) is 0. The number of pyridine rings is 2. The number of aromatic nitrogens is 7. The summed E-state index contributed by atoms with van der Waals surface area (Å²) < 4.78 is 2.25. The first-order chi connectivity index (χ1) is 29.2. The van der Waals surface area contributed by atoms with Crippen molar-refractivity contribution < 1.29 is 0 Å². The van der Waals surface area contributed by atoms with Gasteiger partial charge in [0.15, 0.2) is 17.5 Å². The number of rotatable bonds is 7. The van der Waals surface area contributed by atoms with Gasteiger partial charge in [-0.3, -0.25) is 4.57 Å². The first-order valence-corrected chi connectivity index (χ1v) is 19.6. The fourth-order valence-electron chi connectivity index (χ4n) is 7.85. The Morgan fingerprint density at radius 3 is 1.56 bits per heavy atom. The number of benzene rings is 7. The van der Waals surface area contributed by atoms with Crippen molar-refractivity contribution in [2.24, 2.45) is 0 Å². The maximum atomic E-state index is 5.43. The average molecular weight is 756 g/mol. The normalized spacial score (nSPS) is 11.4. The third kappa shape index (κ3) is 6.18. The molecule has 7 heteroatoms. The summed E-state index contributed by atoms with van der Waals surface area (Å²) in [4.78, 5) is 30.6. The third-order valence-electron chi connectivity index (χ3n) is 10.7. The quantitative estimate of drug-likeness (QED) is 0.151. The van der Waals surface area contributed by atoms with Crippen molar-refractivity contribution in [2.75, 3.05) is 0 Å². The van der Waals surface area contributed by atoms with Gasteiger partial charge in [-0.15, -0.1) is 0 Å². The van der Waals surface area contributed by atoms with Crippen molar-refractivity contribution in [2.45, 2.75) is 0 Å². The van der Waals surface area contributed by atoms with Gasteiger partial charge in [-0.25, -0.2) is 29.9 Å². The molecule has 276 valence electrons. The van der Waals surface area contributed by atoms with Crippen LogP contribution in [0.2, 0.25) is 0 Å². The Bertz CT molecular complexity index is 3240. The van der Waals surface area contributed by atoms with Crippen LogP contribution in [0.25, 0.3) is 107 Å². The van der Waals surface area contributed by atoms with Crippen molar-refractivity contribution in [1.29, 1.82) is 0 Å². The Kier molecular flexibility index (Phi) is 8.33. The fraction of sp³-hybridized carbons (Fsp3) is 0. The molecule has 7 nitrogen and oxygen atoms in total. The van der Waals surface area contributed by atoms with Gasteiger partial charge in [0.25, 0.3) is 0 Å². The number of hydrogen-bond donors (Lipinski definition) is 0. The second-order valence-electron chi connectivity index (χ2n) is 14.3. The first-order valence-electron chi connectivity index (χ1n) is 19.6. The maximum Gasteiger partial charge on any atom is 0.182 e. The molecule has 11 rings (SSSR count). The molecular weight excluding hydrogens is 723 g/mol. The van der Waals surface area contributed by atoms with Crippen molar-refractivity contribution in [3.63, 3.8) is 0 Å². The second-order valence-corrected chi connectivity index (χ2v) is 14.3. The average Bonchev–Trinajstić information content (AvgIpc) is 3.72. The molecule has 7 aromatic carbocycles. The predicted octanol–water partition coefficient (Wildman–Crippen LogP) is 12.3. The number of imidazole rings is 1. The molecule has 0 N–H and O–H groups in total. The molecule has 0 saturated heterocycles. The van der Waals surface area contributed by atoms with E-state index in [4.69, 9.17) is 29.9 Å². The van der Waals surface area contributed by atoms with Gasteiger partial charge in [-0.2, -0.15) is 0 Å². The molecule has 0 aliphatic heterocycles. The van der Waals surface area contributed by atoms with Crippen LogP contribution in [0, 0.1) is 0 Å². The van der Waals surface area contributed by atoms with Crippen LogP contribution in [0.15, 0.2) is 200 Å². The van der Waals surface area contributed by atoms with Crippen LogP contribution in [0.1, 0.15) is 0 Å². The van der Waals surface area contributed by atoms with Crippen LogP contribution in [-0.4, -0.2) is 34.5 Å². The van der Waals surface area contributed by atoms with Gasteiger partial charge >= 0.3 is 0 Å². The third-order valence-corrected chi connectivity index (χ3v) is 10.7. The maximum absolute atomic E-state index is 5.43. The van der Waals surface area contributed by atoms with E-state index in [0.29, 0.717) is 23.2 Å². The molecule has 0 fully saturated rings. The van der Waals surface area contributed by atoms with Crippen LogP contribution in [-0.2, 0) is 0 Å². The highest BCUT2D eigenvalue weighted by molar-refractivity contribution is 6.20. The van der Waals surface area contributed by atoms with Crippen molar-refractivity contribution in [3.05, 3.63) is 200 Å². The van der Waals surface area contributed by atoms with E-state index in [9.17, 15) is 0 Å². The Hall–Kier alpha value is -8.16. The lowest BCUT2D eigenvalue weighted by Gasteiger charge is -2.13. The van der Waals surface area contributed by atoms with E-state index >= 15 is 0 Å². The van der Waals surface area contributed by atoms with Gasteiger partial charge in [0.2, 0.25) is 0 Å². The van der Waals surface area contributed by atoms with Crippen molar-refractivity contribution in [1.82, 2.24) is 34.5 Å². The monoisotopic (exact) mass is 755 g/mol. The molecule has 0 bridgehead atoms. The van der Waals surface area contributed by atoms with E-state index < -0.39 is 0 Å². The summed E-state index contributed by atoms with van der Waals surface area (Å²) >= 11 is 0. The topological polar surface area (TPSA) is 82.3 Å². The van der Waals surface area contributed by atoms with Gasteiger partial charge < -0.3 is 0 Å². The van der Waals surface area contributed by atoms with Crippen LogP contribution in [0.4, 0.5) is 0 Å². The Morgan fingerprint density at radius 2 is 0.881 bits per heavy atom. The lowest BCUT2D eigenvalue weighted by molar-refractivity contribution is 1.06. The van der Waals surface area contributed by atoms with Crippen molar-refractivity contribution in [3.8, 4) is 73.9 Å². The minimum atomic E-state index is 0.511. The van der Waals surface area contributed by atoms with E-state index in [1.54, 1.807) is 0 Å². The van der Waals surface area contributed by atoms with Crippen LogP contribution < -0.4 is 0 Å². The minimum Gasteiger partial charge on any atom is -0.292 e. The lowest BCUT2D eigenvalue weighted by Crippen LogP contribution is -2.01. The molecule has 0 aliphatic carbocycles. The number of para-hydroxylation sites is 2. The zero-order chi connectivity index (χ0) is 39.1. The summed E-state index contributed by atoms with van der Waals surface area (Å²) in [7, 11) is 0. The molecule has 0 atom stereocenters. The SMILES string of the molecule is c1ccc(-c2nc(-c3ccccc3)nc(-c3cccc(-c4ccc(-c5nc6ccccc6c6ccc7c(nc(-c8ccccc8)n7-c7ccccc7)c56)cc4)n3)n2)cc1. The summed E-state index contributed by atoms with van der Waals surface area (Å²) in [5.41, 5.74) is 11.1. The van der Waals surface area contributed by atoms with E-state index in [1.165, 1.54) is 0 Å². The molecule has 0 aliphatic rings. The van der Waals surface area contributed by atoms with Gasteiger partial charge in [0.05, 0.1) is 27.9 Å². The zero-order valence-electron chi connectivity index (χ0n) is 31.7. The molecule has 11 aromatic rings. The second kappa shape index (κ2) is 14.4. The largest absolute Gasteiger partial charge is 0.292 e. The van der Waals surface area contributed by atoms with E-state index in [2.05, 4.69) is 108 Å². The van der Waals surface area contributed by atoms with Crippen LogP contribution in [0.3, 0.4) is 0 Å². The summed E-state index contributed by atoms with van der Waals surface area (Å²) in [6, 6.07) is 68.0. The lowest BCUT2D eigenvalue weighted by atomic mass is 9.97. The standard InChI is InChI=1S/C52H33N7/c1-5-16-36(17-6-1)49-56-50(37-18-7-2-8-19-37)58-51(57-49)44-27-15-26-42(53-44)34-28-30-35(31-29-34)47-46-41(40-24-13-14-25-43(40)54-47)32-33-45-48(46)55-52(38-20-9-3-10-21-38)59(45)39-22-11-4-12-23-39/h1-33H. The van der Waals surface area contributed by atoms with E-state index in [0.717, 1.165) is 83.4 Å². The van der Waals surface area contributed by atoms with Crippen molar-refractivity contribution >= 4 is 32.7 Å². The number of nitrogens with zero attached hydrogens (tertiary/aromatic N) is 7. The van der Waals surface area contributed by atoms with Gasteiger partial charge in [-0.1, -0.05) is 164 Å². The highest BCUT2D eigenvalue weighted by Gasteiger charge is 2.21. The molecule has 0 amide bonds. The smallest absolute Gasteiger partial charge is 0.182 e. The van der Waals surface area contributed by atoms with Gasteiger partial charge in [0, 0.05) is 44.3 Å². The zero-order valence-corrected chi connectivity index (χ0v) is 31.7. The Labute approximate surface area is 340 Å². The number of fused-ring (bicyclic) bond motifs is 5. The van der Waals surface area contributed by atoms with E-state index in [1.807, 2.05) is 97.1 Å². The predicted molar refractivity (Wildman–Crippen MR) is 238 cm³/mol. The van der Waals surface area contributed by atoms with Crippen LogP contribution in [0.5, 0.6) is 0 Å². The van der Waals surface area contributed by atoms with Gasteiger partial charge in [-0.05, 0) is 41.8 Å². The summed E-state index contributed by atoms with van der Waals surface area (Å²) in [5.74, 6) is 2.58. The van der Waals surface area contributed by atoms with Gasteiger partial charge in [0.1, 0.15) is 11.5 Å². The Balaban J connectivity index is 1.05. The molecular formula is C52H33N7. The highest BCUT2D eigenvalue weighted by atomic mass is 15.1. The highest BCUT2D eigenvalue weighted by Crippen LogP contribution is 2.40. The minimum absolute atomic E-state index is 0.511. The van der Waals surface area contributed by atoms with Crippen LogP contribution >= 0.6 is 0 Å². The molecule has 4 heterocycles. The molecule has 0 spiro atoms. The Morgan fingerprint density at radius 1 is 0.322 bits per heavy atom. The molecule has 0 saturated carbocycles. The summed E-state index contributed by atoms with van der Waals surface area (Å²) in [5, 5.41) is 3.21. The molecule has 0 radical (unpaired) electrons. The fourth-order valence-corrected chi connectivity index (χ4v) is 7.85. The first kappa shape index (κ1) is 34.1. The van der Waals surface area contributed by atoms with E-state index in [-0.39, 0.29) is 0 Å².